The van der Waals surface area contributed by atoms with E-state index in [0.717, 1.165) is 83.8 Å². The van der Waals surface area contributed by atoms with Gasteiger partial charge in [0.2, 0.25) is 0 Å². The molecule has 2 aliphatic rings. The number of aromatic nitrogens is 6. The third-order valence-corrected chi connectivity index (χ3v) is 16.4. The second kappa shape index (κ2) is 14.5. The fraction of sp³-hybridized carbons (Fsp3) is 0.0156. The molecule has 16 rings (SSSR count). The zero-order valence-corrected chi connectivity index (χ0v) is 38.8. The van der Waals surface area contributed by atoms with Crippen LogP contribution in [0.25, 0.3) is 105 Å². The average Bonchev–Trinajstić information content (AvgIpc) is 4.15. The first-order valence-electron chi connectivity index (χ1n) is 24.1. The Morgan fingerprint density at radius 2 is 0.789 bits per heavy atom. The Labute approximate surface area is 411 Å². The van der Waals surface area contributed by atoms with Gasteiger partial charge in [-0.25, -0.2) is 0 Å². The highest BCUT2D eigenvalue weighted by atomic mass is 32.2. The van der Waals surface area contributed by atoms with E-state index in [9.17, 15) is 0 Å². The Morgan fingerprint density at radius 3 is 1.41 bits per heavy atom. The first kappa shape index (κ1) is 38.9. The Kier molecular flexibility index (Phi) is 7.94. The van der Waals surface area contributed by atoms with Crippen molar-refractivity contribution in [3.63, 3.8) is 0 Å². The molecule has 1 aliphatic heterocycles. The van der Waals surface area contributed by atoms with E-state index in [1.165, 1.54) is 53.2 Å². The smallest absolute Gasteiger partial charge is 0.0939 e. The van der Waals surface area contributed by atoms with Gasteiger partial charge in [-0.15, -0.1) is 0 Å². The first-order valence-corrected chi connectivity index (χ1v) is 24.9. The van der Waals surface area contributed by atoms with Crippen LogP contribution < -0.4 is 0 Å². The van der Waals surface area contributed by atoms with Crippen molar-refractivity contribution in [3.05, 3.63) is 253 Å². The molecule has 0 fully saturated rings. The van der Waals surface area contributed by atoms with Crippen LogP contribution >= 0.6 is 11.8 Å². The highest BCUT2D eigenvalue weighted by Gasteiger charge is 2.52. The normalized spacial score (nSPS) is 14.8. The number of pyridine rings is 3. The number of fused-ring (bicyclic) bond motifs is 18. The van der Waals surface area contributed by atoms with Crippen LogP contribution in [0.2, 0.25) is 0 Å². The second-order valence-corrected chi connectivity index (χ2v) is 19.9. The molecule has 0 saturated carbocycles. The van der Waals surface area contributed by atoms with Crippen molar-refractivity contribution in [2.75, 3.05) is 0 Å². The number of nitrogens with zero attached hydrogens (tertiary/aromatic N) is 6. The molecule has 8 aromatic carbocycles. The zero-order valence-electron chi connectivity index (χ0n) is 38.0. The number of hydrogen-bond acceptors (Lipinski definition) is 4. The summed E-state index contributed by atoms with van der Waals surface area (Å²) in [5.74, 6) is 0. The summed E-state index contributed by atoms with van der Waals surface area (Å²) < 4.78 is 7.09. The largest absolute Gasteiger partial charge is 0.308 e. The predicted octanol–water partition coefficient (Wildman–Crippen LogP) is 15.7. The second-order valence-electron chi connectivity index (χ2n) is 18.8. The molecule has 71 heavy (non-hydrogen) atoms. The van der Waals surface area contributed by atoms with Gasteiger partial charge >= 0.3 is 0 Å². The molecule has 0 saturated heterocycles. The minimum atomic E-state index is -0.678. The summed E-state index contributed by atoms with van der Waals surface area (Å²) in [4.78, 5) is 17.9. The molecule has 1 atom stereocenters. The summed E-state index contributed by atoms with van der Waals surface area (Å²) in [5.41, 5.74) is 18.2. The van der Waals surface area contributed by atoms with Crippen LogP contribution in [0.3, 0.4) is 0 Å². The number of hydrogen-bond donors (Lipinski definition) is 0. The summed E-state index contributed by atoms with van der Waals surface area (Å²) >= 11 is 1.85. The van der Waals surface area contributed by atoms with Gasteiger partial charge in [0.25, 0.3) is 0 Å². The van der Waals surface area contributed by atoms with Crippen LogP contribution in [0.15, 0.2) is 241 Å². The molecular formula is C64H38N6S. The van der Waals surface area contributed by atoms with E-state index in [4.69, 9.17) is 15.0 Å². The van der Waals surface area contributed by atoms with Gasteiger partial charge in [0.05, 0.1) is 85.6 Å². The van der Waals surface area contributed by atoms with Crippen molar-refractivity contribution in [2.24, 2.45) is 0 Å². The molecule has 0 N–H and O–H groups in total. The fourth-order valence-electron chi connectivity index (χ4n) is 12.4. The molecule has 0 bridgehead atoms. The van der Waals surface area contributed by atoms with Gasteiger partial charge in [0.1, 0.15) is 0 Å². The molecule has 1 aliphatic carbocycles. The van der Waals surface area contributed by atoms with E-state index in [1.807, 2.05) is 36.5 Å². The third kappa shape index (κ3) is 5.25. The monoisotopic (exact) mass is 922 g/mol. The summed E-state index contributed by atoms with van der Waals surface area (Å²) in [7, 11) is 0. The van der Waals surface area contributed by atoms with Gasteiger partial charge in [0, 0.05) is 53.9 Å². The topological polar surface area (TPSA) is 53.5 Å². The van der Waals surface area contributed by atoms with E-state index >= 15 is 0 Å². The molecule has 330 valence electrons. The summed E-state index contributed by atoms with van der Waals surface area (Å²) in [5, 5.41) is 7.29. The van der Waals surface area contributed by atoms with Crippen molar-refractivity contribution >= 4 is 77.2 Å². The number of para-hydroxylation sites is 5. The van der Waals surface area contributed by atoms with Crippen molar-refractivity contribution < 1.29 is 0 Å². The van der Waals surface area contributed by atoms with Gasteiger partial charge < -0.3 is 13.7 Å². The van der Waals surface area contributed by atoms with Gasteiger partial charge in [-0.3, -0.25) is 15.0 Å². The number of rotatable bonds is 4. The fourth-order valence-corrected chi connectivity index (χ4v) is 13.6. The first-order chi connectivity index (χ1) is 35.2. The molecule has 1 unspecified atom stereocenters. The lowest BCUT2D eigenvalue weighted by molar-refractivity contribution is 0.719. The summed E-state index contributed by atoms with van der Waals surface area (Å²) in [6.45, 7) is 0. The summed E-state index contributed by atoms with van der Waals surface area (Å²) in [6.07, 6.45) is 7.92. The van der Waals surface area contributed by atoms with Crippen LogP contribution in [-0.2, 0) is 5.41 Å². The SMILES string of the molecule is c1ccc2c(c1)Sc1ccc(-c3ccc4c(c3)c3ccccc3n4-c3cncc(-n4c5ccccc5c5ccccc54)c3)cc1C21c2cccnc2-c2ncc(-n3c4ccccc4c4ccccc43)cc21. The van der Waals surface area contributed by atoms with Gasteiger partial charge in [-0.05, 0) is 107 Å². The van der Waals surface area contributed by atoms with Crippen molar-refractivity contribution in [3.8, 4) is 39.6 Å². The lowest BCUT2D eigenvalue weighted by Crippen LogP contribution is -2.32. The molecule has 7 heteroatoms. The van der Waals surface area contributed by atoms with Crippen LogP contribution in [0.5, 0.6) is 0 Å². The lowest BCUT2D eigenvalue weighted by Gasteiger charge is -2.39. The molecule has 0 radical (unpaired) electrons. The van der Waals surface area contributed by atoms with E-state index in [-0.39, 0.29) is 0 Å². The van der Waals surface area contributed by atoms with Crippen molar-refractivity contribution in [1.82, 2.24) is 28.7 Å². The maximum absolute atomic E-state index is 5.38. The van der Waals surface area contributed by atoms with Gasteiger partial charge in [-0.1, -0.05) is 139 Å². The minimum Gasteiger partial charge on any atom is -0.308 e. The molecular weight excluding hydrogens is 885 g/mol. The lowest BCUT2D eigenvalue weighted by atomic mass is 9.67. The Balaban J connectivity index is 0.893. The molecule has 1 spiro atoms. The molecule has 6 aromatic heterocycles. The molecule has 0 amide bonds. The highest BCUT2D eigenvalue weighted by molar-refractivity contribution is 7.99. The van der Waals surface area contributed by atoms with E-state index in [1.54, 1.807) is 0 Å². The maximum Gasteiger partial charge on any atom is 0.0939 e. The average molecular weight is 923 g/mol. The van der Waals surface area contributed by atoms with Crippen LogP contribution in [0, 0.1) is 0 Å². The highest BCUT2D eigenvalue weighted by Crippen LogP contribution is 2.62. The molecule has 14 aromatic rings. The zero-order chi connectivity index (χ0) is 46.4. The van der Waals surface area contributed by atoms with E-state index in [0.29, 0.717) is 0 Å². The third-order valence-electron chi connectivity index (χ3n) is 15.3. The predicted molar refractivity (Wildman–Crippen MR) is 290 cm³/mol. The van der Waals surface area contributed by atoms with Crippen molar-refractivity contribution in [2.45, 2.75) is 15.2 Å². The minimum absolute atomic E-state index is 0.678. The van der Waals surface area contributed by atoms with Crippen LogP contribution in [0.1, 0.15) is 22.3 Å². The Hall–Kier alpha value is -9.04. The molecule has 6 nitrogen and oxygen atoms in total. The quantitative estimate of drug-likeness (QED) is 0.176. The van der Waals surface area contributed by atoms with Crippen molar-refractivity contribution in [1.29, 1.82) is 0 Å². The Morgan fingerprint density at radius 1 is 0.324 bits per heavy atom. The van der Waals surface area contributed by atoms with Crippen LogP contribution in [0.4, 0.5) is 0 Å². The molecule has 7 heterocycles. The number of benzene rings is 8. The maximum atomic E-state index is 5.38. The van der Waals surface area contributed by atoms with Crippen LogP contribution in [-0.4, -0.2) is 28.7 Å². The standard InChI is InChI=1S/C64H38N6S/c1-7-21-54-44(14-1)45-15-2-8-22-55(45)68(54)41-34-42(37-65-36-41)69-58-25-11-5-18-48(58)49-32-39(27-29-59(49)69)40-28-30-61-52(33-40)64(50-19-6-12-26-60(50)71-61)51-20-13-31-66-62(51)63-53(64)35-43(38-67-63)70-56-23-9-3-16-46(56)47-17-4-10-24-57(47)70/h1-38H. The Bertz CT molecular complexity index is 4490. The van der Waals surface area contributed by atoms with Gasteiger partial charge in [-0.2, -0.15) is 0 Å². The van der Waals surface area contributed by atoms with Gasteiger partial charge in [0.15, 0.2) is 0 Å². The van der Waals surface area contributed by atoms with E-state index < -0.39 is 5.41 Å². The van der Waals surface area contributed by atoms with E-state index in [2.05, 4.69) is 220 Å². The summed E-state index contributed by atoms with van der Waals surface area (Å²) in [6, 6.07) is 75.5.